The van der Waals surface area contributed by atoms with Crippen molar-refractivity contribution < 1.29 is 9.18 Å². The molecule has 1 aliphatic carbocycles. The number of Topliss-reactive ketones (excluding diaryl/α,β-unsaturated/α-hetero) is 1. The number of nitrogens with one attached hydrogen (secondary N) is 1. The number of carbonyl (C=O) groups excluding carboxylic acids is 1. The van der Waals surface area contributed by atoms with Crippen molar-refractivity contribution in [1.29, 1.82) is 0 Å². The Balaban J connectivity index is 1.80. The van der Waals surface area contributed by atoms with Crippen molar-refractivity contribution in [2.45, 2.75) is 51.5 Å². The zero-order chi connectivity index (χ0) is 19.2. The number of aromatic amines is 1. The van der Waals surface area contributed by atoms with Gasteiger partial charge in [0.2, 0.25) is 0 Å². The van der Waals surface area contributed by atoms with E-state index in [1.54, 1.807) is 16.8 Å². The van der Waals surface area contributed by atoms with Gasteiger partial charge in [-0.2, -0.15) is 5.10 Å². The second kappa shape index (κ2) is 6.44. The minimum Gasteiger partial charge on any atom is -0.322 e. The number of benzene rings is 1. The molecule has 2 aromatic heterocycles. The van der Waals surface area contributed by atoms with Gasteiger partial charge in [0.1, 0.15) is 11.6 Å². The van der Waals surface area contributed by atoms with Crippen molar-refractivity contribution in [3.63, 3.8) is 0 Å². The van der Waals surface area contributed by atoms with Crippen molar-refractivity contribution in [3.05, 3.63) is 52.2 Å². The number of ketones is 1. The van der Waals surface area contributed by atoms with Gasteiger partial charge in [-0.15, -0.1) is 0 Å². The largest absolute Gasteiger partial charge is 0.322 e. The molecule has 5 nitrogen and oxygen atoms in total. The summed E-state index contributed by atoms with van der Waals surface area (Å²) in [5.74, 6) is -0.257. The Morgan fingerprint density at radius 3 is 2.78 bits per heavy atom. The molecule has 1 aliphatic rings. The minimum atomic E-state index is -0.736. The van der Waals surface area contributed by atoms with Gasteiger partial charge < -0.3 is 4.98 Å². The van der Waals surface area contributed by atoms with Gasteiger partial charge in [0.25, 0.3) is 5.56 Å². The van der Waals surface area contributed by atoms with Crippen LogP contribution in [-0.4, -0.2) is 20.5 Å². The predicted octanol–water partition coefficient (Wildman–Crippen LogP) is 3.95. The average molecular weight is 367 g/mol. The van der Waals surface area contributed by atoms with E-state index in [0.29, 0.717) is 47.1 Å². The smallest absolute Gasteiger partial charge is 0.252 e. The molecular weight excluding hydrogens is 345 g/mol. The van der Waals surface area contributed by atoms with E-state index in [0.717, 1.165) is 12.8 Å². The minimum absolute atomic E-state index is 0.117. The van der Waals surface area contributed by atoms with Crippen LogP contribution in [0, 0.1) is 5.82 Å². The zero-order valence-electron chi connectivity index (χ0n) is 15.5. The highest BCUT2D eigenvalue weighted by molar-refractivity contribution is 5.90. The van der Waals surface area contributed by atoms with E-state index in [2.05, 4.69) is 10.1 Å². The third-order valence-electron chi connectivity index (χ3n) is 5.77. The Labute approximate surface area is 156 Å². The number of aromatic nitrogens is 3. The second-order valence-electron chi connectivity index (χ2n) is 7.43. The molecule has 3 aromatic rings. The van der Waals surface area contributed by atoms with Crippen molar-refractivity contribution in [2.24, 2.45) is 0 Å². The van der Waals surface area contributed by atoms with E-state index in [1.807, 2.05) is 19.9 Å². The Bertz CT molecular complexity index is 1100. The van der Waals surface area contributed by atoms with E-state index in [4.69, 9.17) is 0 Å². The van der Waals surface area contributed by atoms with E-state index in [-0.39, 0.29) is 17.2 Å². The maximum Gasteiger partial charge on any atom is 0.252 e. The first kappa shape index (κ1) is 17.6. The number of halogens is 1. The molecule has 1 N–H and O–H groups in total. The zero-order valence-corrected chi connectivity index (χ0v) is 15.5. The summed E-state index contributed by atoms with van der Waals surface area (Å²) in [4.78, 5) is 28.1. The lowest BCUT2D eigenvalue weighted by molar-refractivity contribution is -0.125. The lowest BCUT2D eigenvalue weighted by Gasteiger charge is -2.31. The van der Waals surface area contributed by atoms with Crippen LogP contribution in [0.5, 0.6) is 0 Å². The Kier molecular flexibility index (Phi) is 4.21. The number of rotatable bonds is 3. The Morgan fingerprint density at radius 2 is 2.07 bits per heavy atom. The summed E-state index contributed by atoms with van der Waals surface area (Å²) in [7, 11) is 0. The molecule has 0 amide bonds. The van der Waals surface area contributed by atoms with Crippen LogP contribution in [0.2, 0.25) is 0 Å². The third-order valence-corrected chi connectivity index (χ3v) is 5.77. The monoisotopic (exact) mass is 367 g/mol. The van der Waals surface area contributed by atoms with E-state index >= 15 is 0 Å². The van der Waals surface area contributed by atoms with E-state index in [9.17, 15) is 14.0 Å². The van der Waals surface area contributed by atoms with Gasteiger partial charge in [-0.1, -0.05) is 12.5 Å². The molecule has 140 valence electrons. The molecule has 0 bridgehead atoms. The van der Waals surface area contributed by atoms with Crippen molar-refractivity contribution >= 4 is 16.7 Å². The first-order valence-electron chi connectivity index (χ1n) is 9.36. The van der Waals surface area contributed by atoms with Crippen LogP contribution in [0.1, 0.15) is 45.1 Å². The molecule has 1 saturated carbocycles. The van der Waals surface area contributed by atoms with Gasteiger partial charge in [0.15, 0.2) is 0 Å². The number of pyridine rings is 1. The fourth-order valence-corrected chi connectivity index (χ4v) is 4.08. The Hall–Kier alpha value is -2.76. The molecule has 6 heteroatoms. The standard InChI is InChI=1S/C21H22FN3O2/c1-3-25-18-11-13(10-16(22)14(18)12-23-25)17-8-7-15(20(27)24-17)21(2)9-5-4-6-19(21)26/h7-8,10-12H,3-6,9H2,1-2H3,(H,24,27). The van der Waals surface area contributed by atoms with Gasteiger partial charge in [0, 0.05) is 29.8 Å². The summed E-state index contributed by atoms with van der Waals surface area (Å²) in [5.41, 5.74) is 1.28. The van der Waals surface area contributed by atoms with Crippen LogP contribution in [0.4, 0.5) is 4.39 Å². The molecule has 0 saturated heterocycles. The summed E-state index contributed by atoms with van der Waals surface area (Å²) in [5, 5.41) is 4.65. The van der Waals surface area contributed by atoms with Crippen molar-refractivity contribution in [1.82, 2.24) is 14.8 Å². The fourth-order valence-electron chi connectivity index (χ4n) is 4.08. The second-order valence-corrected chi connectivity index (χ2v) is 7.43. The van der Waals surface area contributed by atoms with Crippen LogP contribution in [-0.2, 0) is 16.8 Å². The van der Waals surface area contributed by atoms with Gasteiger partial charge in [0.05, 0.1) is 22.5 Å². The topological polar surface area (TPSA) is 67.8 Å². The average Bonchev–Trinajstić information content (AvgIpc) is 3.07. The third kappa shape index (κ3) is 2.80. The molecule has 0 radical (unpaired) electrons. The van der Waals surface area contributed by atoms with E-state index in [1.165, 1.54) is 12.3 Å². The number of aryl methyl sites for hydroxylation is 1. The van der Waals surface area contributed by atoms with Gasteiger partial charge in [-0.05, 0) is 44.9 Å². The number of fused-ring (bicyclic) bond motifs is 1. The van der Waals surface area contributed by atoms with Crippen LogP contribution in [0.3, 0.4) is 0 Å². The van der Waals surface area contributed by atoms with Crippen LogP contribution in [0.15, 0.2) is 35.3 Å². The SMILES string of the molecule is CCn1ncc2c(F)cc(-c3ccc(C4(C)CCCCC4=O)c(=O)[nH]3)cc21. The highest BCUT2D eigenvalue weighted by Gasteiger charge is 2.38. The molecule has 27 heavy (non-hydrogen) atoms. The summed E-state index contributed by atoms with van der Waals surface area (Å²) in [6.45, 7) is 4.42. The number of H-pyrrole nitrogens is 1. The van der Waals surface area contributed by atoms with Crippen molar-refractivity contribution in [2.75, 3.05) is 0 Å². The normalized spacial score (nSPS) is 20.3. The molecule has 1 unspecified atom stereocenters. The van der Waals surface area contributed by atoms with Gasteiger partial charge in [-0.25, -0.2) is 4.39 Å². The predicted molar refractivity (Wildman–Crippen MR) is 102 cm³/mol. The molecule has 1 aromatic carbocycles. The fraction of sp³-hybridized carbons (Fsp3) is 0.381. The van der Waals surface area contributed by atoms with Crippen LogP contribution >= 0.6 is 0 Å². The molecule has 2 heterocycles. The quantitative estimate of drug-likeness (QED) is 0.762. The van der Waals surface area contributed by atoms with Gasteiger partial charge in [-0.3, -0.25) is 14.3 Å². The highest BCUT2D eigenvalue weighted by Crippen LogP contribution is 2.35. The molecule has 0 spiro atoms. The van der Waals surface area contributed by atoms with Crippen LogP contribution in [0.25, 0.3) is 22.2 Å². The lowest BCUT2D eigenvalue weighted by atomic mass is 9.70. The van der Waals surface area contributed by atoms with E-state index < -0.39 is 5.41 Å². The lowest BCUT2D eigenvalue weighted by Crippen LogP contribution is -2.40. The first-order valence-corrected chi connectivity index (χ1v) is 9.36. The molecule has 1 atom stereocenters. The number of hydrogen-bond acceptors (Lipinski definition) is 3. The molecule has 0 aliphatic heterocycles. The summed E-state index contributed by atoms with van der Waals surface area (Å²) in [6, 6.07) is 6.71. The maximum atomic E-state index is 14.5. The Morgan fingerprint density at radius 1 is 1.26 bits per heavy atom. The first-order chi connectivity index (χ1) is 12.9. The summed E-state index contributed by atoms with van der Waals surface area (Å²) >= 11 is 0. The number of hydrogen-bond donors (Lipinski definition) is 1. The highest BCUT2D eigenvalue weighted by atomic mass is 19.1. The summed E-state index contributed by atoms with van der Waals surface area (Å²) in [6.07, 6.45) is 4.53. The van der Waals surface area contributed by atoms with Gasteiger partial charge >= 0.3 is 0 Å². The van der Waals surface area contributed by atoms with Crippen molar-refractivity contribution in [3.8, 4) is 11.3 Å². The van der Waals surface area contributed by atoms with Crippen LogP contribution < -0.4 is 5.56 Å². The molecular formula is C21H22FN3O2. The number of carbonyl (C=O) groups is 1. The molecule has 1 fully saturated rings. The maximum absolute atomic E-state index is 14.5. The molecule has 4 rings (SSSR count). The summed E-state index contributed by atoms with van der Waals surface area (Å²) < 4.78 is 16.2. The number of nitrogens with zero attached hydrogens (tertiary/aromatic N) is 2.